The third-order valence-corrected chi connectivity index (χ3v) is 3.33. The second kappa shape index (κ2) is 7.64. The van der Waals surface area contributed by atoms with Gasteiger partial charge in [-0.3, -0.25) is 4.79 Å². The summed E-state index contributed by atoms with van der Waals surface area (Å²) in [6, 6.07) is 9.79. The quantitative estimate of drug-likeness (QED) is 0.602. The van der Waals surface area contributed by atoms with Crippen molar-refractivity contribution in [3.63, 3.8) is 0 Å². The van der Waals surface area contributed by atoms with Gasteiger partial charge in [-0.2, -0.15) is 0 Å². The number of carbonyl (C=O) groups excluding carboxylic acids is 1. The predicted octanol–water partition coefficient (Wildman–Crippen LogP) is 4.40. The minimum atomic E-state index is -0.0436. The third kappa shape index (κ3) is 4.62. The molecule has 0 amide bonds. The molecular weight excluding hydrogens is 272 g/mol. The molecule has 0 aromatic heterocycles. The fraction of sp³-hybridized carbons (Fsp3) is 0.154. The molecule has 0 spiro atoms. The van der Waals surface area contributed by atoms with E-state index in [9.17, 15) is 4.79 Å². The maximum absolute atomic E-state index is 11.3. The molecule has 0 saturated carbocycles. The maximum atomic E-state index is 11.3. The first-order valence-corrected chi connectivity index (χ1v) is 7.82. The summed E-state index contributed by atoms with van der Waals surface area (Å²) in [6.07, 6.45) is 5.16. The Bertz CT molecular complexity index is 438. The van der Waals surface area contributed by atoms with Crippen molar-refractivity contribution in [2.75, 3.05) is 12.5 Å². The molecular formula is C13H13ClOS2. The second-order valence-corrected chi connectivity index (χ2v) is 5.07. The lowest BCUT2D eigenvalue weighted by Crippen LogP contribution is -1.89. The highest BCUT2D eigenvalue weighted by Gasteiger charge is 2.07. The van der Waals surface area contributed by atoms with E-state index in [1.54, 1.807) is 18.0 Å². The average Bonchev–Trinajstić information content (AvgIpc) is 2.36. The van der Waals surface area contributed by atoms with Crippen molar-refractivity contribution in [3.8, 4) is 0 Å². The van der Waals surface area contributed by atoms with Gasteiger partial charge in [-0.1, -0.05) is 53.7 Å². The van der Waals surface area contributed by atoms with E-state index in [2.05, 4.69) is 0 Å². The lowest BCUT2D eigenvalue weighted by atomic mass is 10.1. The number of rotatable bonds is 4. The Morgan fingerprint density at radius 3 is 2.41 bits per heavy atom. The van der Waals surface area contributed by atoms with Crippen LogP contribution in [0.5, 0.6) is 0 Å². The van der Waals surface area contributed by atoms with Crippen LogP contribution in [-0.2, 0) is 4.79 Å². The largest absolute Gasteiger partial charge is 0.282 e. The summed E-state index contributed by atoms with van der Waals surface area (Å²) in [7, 11) is 0. The highest BCUT2D eigenvalue weighted by molar-refractivity contribution is 8.13. The molecule has 0 aliphatic heterocycles. The van der Waals surface area contributed by atoms with Gasteiger partial charge in [0.05, 0.1) is 5.03 Å². The van der Waals surface area contributed by atoms with Gasteiger partial charge >= 0.3 is 0 Å². The van der Waals surface area contributed by atoms with Gasteiger partial charge in [0.2, 0.25) is 5.12 Å². The number of allylic oxidation sites excluding steroid dienone is 2. The van der Waals surface area contributed by atoms with Gasteiger partial charge in [0.1, 0.15) is 0 Å². The van der Waals surface area contributed by atoms with Crippen molar-refractivity contribution < 1.29 is 4.79 Å². The Balaban J connectivity index is 3.08. The minimum absolute atomic E-state index is 0.0436. The number of thioether (sulfide) groups is 2. The van der Waals surface area contributed by atoms with Gasteiger partial charge in [-0.25, -0.2) is 0 Å². The first-order chi connectivity index (χ1) is 8.19. The summed E-state index contributed by atoms with van der Waals surface area (Å²) in [5.41, 5.74) is 1.89. The first kappa shape index (κ1) is 14.4. The number of carbonyl (C=O) groups is 1. The summed E-state index contributed by atoms with van der Waals surface area (Å²) in [4.78, 5) is 11.3. The standard InChI is InChI=1S/C13H13ClOS2/c1-16-9-11(10-6-4-3-5-7-10)12(14)8-13(15)17-2/h3-9H,1-2H3/b11-9+,12-8+. The number of halogens is 1. The second-order valence-electron chi connectivity index (χ2n) is 3.15. The van der Waals surface area contributed by atoms with Crippen molar-refractivity contribution in [2.45, 2.75) is 0 Å². The molecule has 0 radical (unpaired) electrons. The predicted molar refractivity (Wildman–Crippen MR) is 80.4 cm³/mol. The van der Waals surface area contributed by atoms with Gasteiger partial charge in [0.15, 0.2) is 0 Å². The normalized spacial score (nSPS) is 12.6. The molecule has 0 bridgehead atoms. The SMILES string of the molecule is CS/C=C(/C(Cl)=C\C(=O)SC)c1ccccc1. The topological polar surface area (TPSA) is 17.1 Å². The molecule has 0 fully saturated rings. The molecule has 17 heavy (non-hydrogen) atoms. The van der Waals surface area contributed by atoms with Crippen molar-refractivity contribution in [1.29, 1.82) is 0 Å². The molecule has 90 valence electrons. The van der Waals surface area contributed by atoms with Crippen LogP contribution in [0.4, 0.5) is 0 Å². The molecule has 1 aromatic carbocycles. The van der Waals surface area contributed by atoms with Crippen LogP contribution < -0.4 is 0 Å². The molecule has 1 nitrogen and oxygen atoms in total. The van der Waals surface area contributed by atoms with E-state index < -0.39 is 0 Å². The Kier molecular flexibility index (Phi) is 6.48. The summed E-state index contributed by atoms with van der Waals surface area (Å²) >= 11 is 8.89. The van der Waals surface area contributed by atoms with E-state index in [1.807, 2.05) is 42.0 Å². The fourth-order valence-corrected chi connectivity index (χ4v) is 2.36. The van der Waals surface area contributed by atoms with E-state index in [1.165, 1.54) is 6.08 Å². The Morgan fingerprint density at radius 2 is 1.88 bits per heavy atom. The van der Waals surface area contributed by atoms with E-state index in [-0.39, 0.29) is 5.12 Å². The Hall–Kier alpha value is -0.640. The molecule has 0 aliphatic rings. The minimum Gasteiger partial charge on any atom is -0.282 e. The van der Waals surface area contributed by atoms with E-state index in [0.717, 1.165) is 22.9 Å². The van der Waals surface area contributed by atoms with Crippen LogP contribution in [0, 0.1) is 0 Å². The van der Waals surface area contributed by atoms with Crippen LogP contribution in [-0.4, -0.2) is 17.6 Å². The van der Waals surface area contributed by atoms with Crippen molar-refractivity contribution in [1.82, 2.24) is 0 Å². The molecule has 1 rings (SSSR count). The fourth-order valence-electron chi connectivity index (χ4n) is 1.24. The van der Waals surface area contributed by atoms with Crippen LogP contribution in [0.2, 0.25) is 0 Å². The molecule has 1 aromatic rings. The Labute approximate surface area is 115 Å². The molecule has 0 heterocycles. The van der Waals surface area contributed by atoms with Crippen LogP contribution in [0.1, 0.15) is 5.56 Å². The van der Waals surface area contributed by atoms with Crippen LogP contribution in [0.15, 0.2) is 46.8 Å². The molecule has 0 N–H and O–H groups in total. The van der Waals surface area contributed by atoms with Gasteiger partial charge in [-0.05, 0) is 23.5 Å². The highest BCUT2D eigenvalue weighted by atomic mass is 35.5. The van der Waals surface area contributed by atoms with Crippen molar-refractivity contribution >= 4 is 45.8 Å². The first-order valence-electron chi connectivity index (χ1n) is 4.93. The van der Waals surface area contributed by atoms with E-state index >= 15 is 0 Å². The van der Waals surface area contributed by atoms with Gasteiger partial charge in [0, 0.05) is 11.6 Å². The Morgan fingerprint density at radius 1 is 1.24 bits per heavy atom. The summed E-state index contributed by atoms with van der Waals surface area (Å²) in [5.74, 6) is 0. The zero-order valence-corrected chi connectivity index (χ0v) is 12.0. The third-order valence-electron chi connectivity index (χ3n) is 2.02. The molecule has 0 saturated heterocycles. The van der Waals surface area contributed by atoms with E-state index in [0.29, 0.717) is 5.03 Å². The number of hydrogen-bond donors (Lipinski definition) is 0. The average molecular weight is 285 g/mol. The van der Waals surface area contributed by atoms with Crippen LogP contribution >= 0.6 is 35.1 Å². The molecule has 0 unspecified atom stereocenters. The van der Waals surface area contributed by atoms with Gasteiger partial charge < -0.3 is 0 Å². The lowest BCUT2D eigenvalue weighted by molar-refractivity contribution is -0.107. The molecule has 0 atom stereocenters. The zero-order chi connectivity index (χ0) is 12.7. The smallest absolute Gasteiger partial charge is 0.213 e. The molecule has 0 aliphatic carbocycles. The summed E-state index contributed by atoms with van der Waals surface area (Å²) < 4.78 is 0. The van der Waals surface area contributed by atoms with Gasteiger partial charge in [-0.15, -0.1) is 11.8 Å². The maximum Gasteiger partial charge on any atom is 0.213 e. The zero-order valence-electron chi connectivity index (χ0n) is 9.64. The summed E-state index contributed by atoms with van der Waals surface area (Å²) in [5, 5.41) is 2.38. The van der Waals surface area contributed by atoms with Crippen LogP contribution in [0.3, 0.4) is 0 Å². The number of hydrogen-bond acceptors (Lipinski definition) is 3. The molecule has 4 heteroatoms. The summed E-state index contributed by atoms with van der Waals surface area (Å²) in [6.45, 7) is 0. The lowest BCUT2D eigenvalue weighted by Gasteiger charge is -2.05. The van der Waals surface area contributed by atoms with Crippen LogP contribution in [0.25, 0.3) is 5.57 Å². The van der Waals surface area contributed by atoms with Crippen molar-refractivity contribution in [2.24, 2.45) is 0 Å². The number of benzene rings is 1. The monoisotopic (exact) mass is 284 g/mol. The van der Waals surface area contributed by atoms with Crippen molar-refractivity contribution in [3.05, 3.63) is 52.4 Å². The van der Waals surface area contributed by atoms with Gasteiger partial charge in [0.25, 0.3) is 0 Å². The van der Waals surface area contributed by atoms with E-state index in [4.69, 9.17) is 11.6 Å². The highest BCUT2D eigenvalue weighted by Crippen LogP contribution is 2.28.